The Hall–Kier alpha value is -3.20. The normalized spacial score (nSPS) is 24.8. The minimum absolute atomic E-state index is 0.0733. The van der Waals surface area contributed by atoms with E-state index in [1.165, 1.54) is 27.7 Å². The van der Waals surface area contributed by atoms with Gasteiger partial charge in [0.1, 0.15) is 5.75 Å². The second-order valence-electron chi connectivity index (χ2n) is 10.8. The van der Waals surface area contributed by atoms with E-state index in [0.29, 0.717) is 18.7 Å². The minimum atomic E-state index is -1.68. The zero-order valence-electron chi connectivity index (χ0n) is 22.5. The van der Waals surface area contributed by atoms with Gasteiger partial charge in [-0.3, -0.25) is 14.5 Å². The van der Waals surface area contributed by atoms with Crippen molar-refractivity contribution in [3.63, 3.8) is 0 Å². The standard InChI is InChI=1S/C31H36BNO6/c1-3-6-19(15-20-9-12-24(34)13-10-20)11-14-27-28-21(4-2)16-25-29(26(28)18-39-27)31(36)33(30(25)35)23-8-5-7-22(17-23)32(37)38/h5,7-10,12-13,15,17,25-27,29,34,37-38H,3-4,6,11,14,16,18H2,1-2H3/b19-15+/t25-,26+,27-,29-/m1/s1. The van der Waals surface area contributed by atoms with Crippen LogP contribution in [0.2, 0.25) is 0 Å². The van der Waals surface area contributed by atoms with Crippen molar-refractivity contribution in [1.82, 2.24) is 0 Å². The number of phenols is 1. The molecule has 7 nitrogen and oxygen atoms in total. The number of carbonyl (C=O) groups excluding carboxylic acids is 2. The van der Waals surface area contributed by atoms with E-state index < -0.39 is 19.0 Å². The first-order chi connectivity index (χ1) is 18.8. The van der Waals surface area contributed by atoms with Gasteiger partial charge in [-0.25, -0.2) is 0 Å². The third-order valence-corrected chi connectivity index (χ3v) is 8.42. The molecule has 204 valence electrons. The van der Waals surface area contributed by atoms with Gasteiger partial charge in [-0.2, -0.15) is 0 Å². The van der Waals surface area contributed by atoms with Gasteiger partial charge in [-0.05, 0) is 73.0 Å². The summed E-state index contributed by atoms with van der Waals surface area (Å²) in [6, 6.07) is 13.6. The molecule has 0 aromatic heterocycles. The fourth-order valence-electron chi connectivity index (χ4n) is 6.60. The van der Waals surface area contributed by atoms with Crippen LogP contribution in [0.5, 0.6) is 5.75 Å². The largest absolute Gasteiger partial charge is 0.508 e. The summed E-state index contributed by atoms with van der Waals surface area (Å²) in [6.07, 6.45) is 7.19. The SMILES string of the molecule is CCC/C(=C\c1ccc(O)cc1)CC[C@H]1OC[C@H]2C1=C(CC)C[C@H]1C(=O)N(c3cccc(B(O)O)c3)C(=O)[C@H]12. The van der Waals surface area contributed by atoms with Crippen LogP contribution in [-0.4, -0.2) is 46.8 Å². The van der Waals surface area contributed by atoms with Crippen LogP contribution in [0.4, 0.5) is 5.69 Å². The number of aromatic hydroxyl groups is 1. The summed E-state index contributed by atoms with van der Waals surface area (Å²) >= 11 is 0. The Morgan fingerprint density at radius 2 is 1.82 bits per heavy atom. The van der Waals surface area contributed by atoms with E-state index in [2.05, 4.69) is 19.9 Å². The molecule has 4 atom stereocenters. The number of allylic oxidation sites excluding steroid dienone is 2. The Morgan fingerprint density at radius 3 is 2.51 bits per heavy atom. The second-order valence-corrected chi connectivity index (χ2v) is 10.8. The number of rotatable bonds is 9. The van der Waals surface area contributed by atoms with E-state index in [9.17, 15) is 24.7 Å². The lowest BCUT2D eigenvalue weighted by Crippen LogP contribution is -2.35. The van der Waals surface area contributed by atoms with Crippen molar-refractivity contribution >= 4 is 36.2 Å². The van der Waals surface area contributed by atoms with Crippen molar-refractivity contribution in [2.24, 2.45) is 17.8 Å². The molecule has 39 heavy (non-hydrogen) atoms. The molecule has 0 spiro atoms. The van der Waals surface area contributed by atoms with Crippen LogP contribution in [0, 0.1) is 17.8 Å². The lowest BCUT2D eigenvalue weighted by molar-refractivity contribution is -0.122. The van der Waals surface area contributed by atoms with Crippen LogP contribution < -0.4 is 10.4 Å². The summed E-state index contributed by atoms with van der Waals surface area (Å²) in [5.41, 5.74) is 5.44. The maximum atomic E-state index is 13.7. The Labute approximate surface area is 229 Å². The molecule has 1 aliphatic carbocycles. The number of imide groups is 1. The molecule has 3 N–H and O–H groups in total. The third kappa shape index (κ3) is 5.33. The maximum absolute atomic E-state index is 13.7. The van der Waals surface area contributed by atoms with E-state index in [1.807, 2.05) is 12.1 Å². The highest BCUT2D eigenvalue weighted by molar-refractivity contribution is 6.58. The number of nitrogens with zero attached hydrogens (tertiary/aromatic N) is 1. The Balaban J connectivity index is 1.37. The van der Waals surface area contributed by atoms with Gasteiger partial charge < -0.3 is 19.9 Å². The van der Waals surface area contributed by atoms with Gasteiger partial charge in [0, 0.05) is 5.92 Å². The molecule has 2 heterocycles. The van der Waals surface area contributed by atoms with Crippen molar-refractivity contribution in [2.75, 3.05) is 11.5 Å². The number of phenolic OH excluding ortho intramolecular Hbond substituents is 1. The molecule has 2 saturated heterocycles. The molecule has 8 heteroatoms. The summed E-state index contributed by atoms with van der Waals surface area (Å²) in [7, 11) is -1.68. The van der Waals surface area contributed by atoms with Crippen molar-refractivity contribution in [2.45, 2.75) is 58.5 Å². The fourth-order valence-corrected chi connectivity index (χ4v) is 6.60. The molecule has 0 unspecified atom stereocenters. The van der Waals surface area contributed by atoms with Gasteiger partial charge >= 0.3 is 7.12 Å². The number of amides is 2. The van der Waals surface area contributed by atoms with E-state index in [0.717, 1.165) is 37.7 Å². The molecule has 3 aliphatic rings. The topological polar surface area (TPSA) is 107 Å². The number of benzene rings is 2. The fraction of sp³-hybridized carbons (Fsp3) is 0.419. The average Bonchev–Trinajstić information content (AvgIpc) is 3.46. The number of ether oxygens (including phenoxy) is 1. The highest BCUT2D eigenvalue weighted by Crippen LogP contribution is 2.51. The predicted octanol–water partition coefficient (Wildman–Crippen LogP) is 3.97. The highest BCUT2D eigenvalue weighted by atomic mass is 16.5. The molecule has 0 saturated carbocycles. The number of anilines is 1. The first-order valence-corrected chi connectivity index (χ1v) is 14.0. The van der Waals surface area contributed by atoms with Crippen molar-refractivity contribution < 1.29 is 29.5 Å². The smallest absolute Gasteiger partial charge is 0.488 e. The average molecular weight is 529 g/mol. The van der Waals surface area contributed by atoms with Crippen LogP contribution in [0.1, 0.15) is 57.9 Å². The summed E-state index contributed by atoms with van der Waals surface area (Å²) < 4.78 is 6.34. The lowest BCUT2D eigenvalue weighted by atomic mass is 9.69. The van der Waals surface area contributed by atoms with E-state index in [-0.39, 0.29) is 35.0 Å². The molecule has 2 aliphatic heterocycles. The van der Waals surface area contributed by atoms with Crippen molar-refractivity contribution in [1.29, 1.82) is 0 Å². The van der Waals surface area contributed by atoms with Crippen LogP contribution in [0.3, 0.4) is 0 Å². The minimum Gasteiger partial charge on any atom is -0.508 e. The van der Waals surface area contributed by atoms with Gasteiger partial charge in [0.15, 0.2) is 0 Å². The van der Waals surface area contributed by atoms with E-state index >= 15 is 0 Å². The molecule has 2 aromatic rings. The molecule has 2 amide bonds. The van der Waals surface area contributed by atoms with E-state index in [1.54, 1.807) is 30.3 Å². The number of hydrogen-bond acceptors (Lipinski definition) is 6. The summed E-state index contributed by atoms with van der Waals surface area (Å²) in [5, 5.41) is 28.8. The van der Waals surface area contributed by atoms with Gasteiger partial charge in [-0.15, -0.1) is 0 Å². The van der Waals surface area contributed by atoms with Gasteiger partial charge in [0.25, 0.3) is 0 Å². The Morgan fingerprint density at radius 1 is 1.05 bits per heavy atom. The molecule has 0 radical (unpaired) electrons. The summed E-state index contributed by atoms with van der Waals surface area (Å²) in [6.45, 7) is 4.70. The lowest BCUT2D eigenvalue weighted by Gasteiger charge is -2.31. The van der Waals surface area contributed by atoms with Crippen molar-refractivity contribution in [3.05, 3.63) is 70.8 Å². The van der Waals surface area contributed by atoms with Crippen LogP contribution in [-0.2, 0) is 14.3 Å². The Bertz CT molecular complexity index is 1300. The molecule has 2 fully saturated rings. The van der Waals surface area contributed by atoms with Gasteiger partial charge in [0.2, 0.25) is 11.8 Å². The van der Waals surface area contributed by atoms with Crippen molar-refractivity contribution in [3.8, 4) is 5.75 Å². The first kappa shape index (κ1) is 27.4. The molecule has 2 aromatic carbocycles. The monoisotopic (exact) mass is 529 g/mol. The van der Waals surface area contributed by atoms with Gasteiger partial charge in [-0.1, -0.05) is 61.8 Å². The molecule has 0 bridgehead atoms. The molecule has 5 rings (SSSR count). The predicted molar refractivity (Wildman–Crippen MR) is 151 cm³/mol. The van der Waals surface area contributed by atoms with Gasteiger partial charge in [0.05, 0.1) is 30.2 Å². The van der Waals surface area contributed by atoms with Crippen LogP contribution in [0.25, 0.3) is 6.08 Å². The van der Waals surface area contributed by atoms with Crippen LogP contribution >= 0.6 is 0 Å². The molecular formula is C31H36BNO6. The first-order valence-electron chi connectivity index (χ1n) is 14.0. The second kappa shape index (κ2) is 11.5. The van der Waals surface area contributed by atoms with E-state index in [4.69, 9.17) is 4.74 Å². The quantitative estimate of drug-likeness (QED) is 0.258. The van der Waals surface area contributed by atoms with Crippen LogP contribution in [0.15, 0.2) is 65.3 Å². The highest BCUT2D eigenvalue weighted by Gasteiger charge is 2.57. The number of fused-ring (bicyclic) bond motifs is 3. The number of hydrogen-bond donors (Lipinski definition) is 3. The number of carbonyl (C=O) groups is 2. The zero-order chi connectivity index (χ0) is 27.7. The third-order valence-electron chi connectivity index (χ3n) is 8.42. The summed E-state index contributed by atoms with van der Waals surface area (Å²) in [4.78, 5) is 28.5. The summed E-state index contributed by atoms with van der Waals surface area (Å²) in [5.74, 6) is -1.19. The Kier molecular flexibility index (Phi) is 8.07. The molecular weight excluding hydrogens is 493 g/mol. The maximum Gasteiger partial charge on any atom is 0.488 e. The zero-order valence-corrected chi connectivity index (χ0v) is 22.5.